The minimum Gasteiger partial charge on any atom is -0.427 e. The van der Waals surface area contributed by atoms with Crippen molar-refractivity contribution < 1.29 is 31.1 Å². The van der Waals surface area contributed by atoms with Gasteiger partial charge in [-0.3, -0.25) is 0 Å². The lowest BCUT2D eigenvalue weighted by molar-refractivity contribution is -0.185. The number of benzene rings is 4. The summed E-state index contributed by atoms with van der Waals surface area (Å²) in [6.07, 6.45) is -4.01. The first-order valence-electron chi connectivity index (χ1n) is 10.6. The molecule has 1 aromatic heterocycles. The van der Waals surface area contributed by atoms with Crippen LogP contribution < -0.4 is 4.74 Å². The normalized spacial score (nSPS) is 11.8. The number of aromatic nitrogens is 1. The maximum atomic E-state index is 14.7. The van der Waals surface area contributed by atoms with Gasteiger partial charge in [0.05, 0.1) is 10.2 Å². The van der Waals surface area contributed by atoms with Crippen LogP contribution in [0.3, 0.4) is 0 Å². The molecule has 0 radical (unpaired) electrons. The lowest BCUT2D eigenvalue weighted by atomic mass is 9.99. The van der Waals surface area contributed by atoms with Crippen LogP contribution in [-0.4, -0.2) is 4.98 Å². The van der Waals surface area contributed by atoms with E-state index in [4.69, 9.17) is 0 Å². The minimum absolute atomic E-state index is 0.275. The van der Waals surface area contributed by atoms with Crippen molar-refractivity contribution in [2.75, 3.05) is 0 Å². The van der Waals surface area contributed by atoms with Gasteiger partial charge < -0.3 is 4.74 Å². The Balaban J connectivity index is 1.42. The Bertz CT molecular complexity index is 1570. The third-order valence-electron chi connectivity index (χ3n) is 5.49. The van der Waals surface area contributed by atoms with Gasteiger partial charge in [-0.25, -0.2) is 22.5 Å². The van der Waals surface area contributed by atoms with Gasteiger partial charge in [0.15, 0.2) is 17.5 Å². The summed E-state index contributed by atoms with van der Waals surface area (Å²) in [5.41, 5.74) is 3.76. The van der Waals surface area contributed by atoms with Crippen LogP contribution in [0, 0.1) is 30.2 Å². The molecule has 0 aliphatic heterocycles. The average Bonchev–Trinajstić information content (AvgIpc) is 3.27. The van der Waals surface area contributed by atoms with Crippen LogP contribution in [0.15, 0.2) is 72.8 Å². The number of aryl methyl sites for hydroxylation is 1. The summed E-state index contributed by atoms with van der Waals surface area (Å²) >= 11 is 0.650. The van der Waals surface area contributed by atoms with Gasteiger partial charge in [0.1, 0.15) is 11.6 Å². The van der Waals surface area contributed by atoms with Crippen molar-refractivity contribution in [3.63, 3.8) is 0 Å². The smallest absolute Gasteiger partial charge is 0.427 e. The molecule has 0 unspecified atom stereocenters. The number of fused-ring (bicyclic) bond motifs is 1. The molecule has 5 rings (SSSR count). The van der Waals surface area contributed by atoms with Crippen LogP contribution in [0.1, 0.15) is 10.6 Å². The first kappa shape index (κ1) is 23.9. The predicted octanol–water partition coefficient (Wildman–Crippen LogP) is 8.62. The molecule has 2 nitrogen and oxygen atoms in total. The quantitative estimate of drug-likeness (QED) is 0.173. The molecular formula is C27H15F6NOS. The van der Waals surface area contributed by atoms with Crippen LogP contribution in [0.25, 0.3) is 32.5 Å². The zero-order chi connectivity index (χ0) is 25.6. The first-order chi connectivity index (χ1) is 17.1. The Labute approximate surface area is 205 Å². The molecular weight excluding hydrogens is 500 g/mol. The Hall–Kier alpha value is -3.85. The Morgan fingerprint density at radius 2 is 1.36 bits per heavy atom. The van der Waals surface area contributed by atoms with Gasteiger partial charge in [-0.15, -0.1) is 11.3 Å². The topological polar surface area (TPSA) is 22.1 Å². The maximum absolute atomic E-state index is 14.7. The fourth-order valence-electron chi connectivity index (χ4n) is 3.71. The highest BCUT2D eigenvalue weighted by atomic mass is 32.1. The molecule has 0 saturated heterocycles. The van der Waals surface area contributed by atoms with E-state index in [1.54, 1.807) is 55.5 Å². The van der Waals surface area contributed by atoms with E-state index in [1.807, 2.05) is 6.07 Å². The van der Waals surface area contributed by atoms with Crippen LogP contribution in [0.2, 0.25) is 0 Å². The largest absolute Gasteiger partial charge is 0.454 e. The molecule has 36 heavy (non-hydrogen) atoms. The van der Waals surface area contributed by atoms with E-state index < -0.39 is 34.3 Å². The fraction of sp³-hybridized carbons (Fsp3) is 0.0741. The monoisotopic (exact) mass is 515 g/mol. The highest BCUT2D eigenvalue weighted by Crippen LogP contribution is 2.38. The SMILES string of the molecule is Cc1ccc(-c2ccc(-c3ccc4nc(C(F)(F)Oc5cc(F)c(F)c(F)c5)sc4c3)cc2)c(F)c1. The van der Waals surface area contributed by atoms with Crippen molar-refractivity contribution in [3.05, 3.63) is 107 Å². The average molecular weight is 515 g/mol. The molecule has 0 aliphatic rings. The zero-order valence-corrected chi connectivity index (χ0v) is 19.3. The Morgan fingerprint density at radius 3 is 2.03 bits per heavy atom. The molecule has 0 bridgehead atoms. The highest BCUT2D eigenvalue weighted by molar-refractivity contribution is 7.18. The van der Waals surface area contributed by atoms with E-state index in [0.717, 1.165) is 16.7 Å². The van der Waals surface area contributed by atoms with Crippen molar-refractivity contribution in [2.24, 2.45) is 0 Å². The van der Waals surface area contributed by atoms with Gasteiger partial charge in [0.2, 0.25) is 5.01 Å². The van der Waals surface area contributed by atoms with E-state index in [0.29, 0.717) is 39.3 Å². The summed E-state index contributed by atoms with van der Waals surface area (Å²) < 4.78 is 88.4. The standard InChI is InChI=1S/C27H15F6NOS/c1-14-2-8-19(20(28)10-14)16-5-3-15(4-6-16)17-7-9-23-24(11-17)36-26(34-23)27(32,33)35-18-12-21(29)25(31)22(30)13-18/h2-13H,1H3. The van der Waals surface area contributed by atoms with E-state index in [9.17, 15) is 26.3 Å². The van der Waals surface area contributed by atoms with Crippen LogP contribution in [-0.2, 0) is 6.11 Å². The van der Waals surface area contributed by atoms with Gasteiger partial charge in [0, 0.05) is 17.7 Å². The number of nitrogens with zero attached hydrogens (tertiary/aromatic N) is 1. The summed E-state index contributed by atoms with van der Waals surface area (Å²) in [5, 5.41) is -0.731. The number of hydrogen-bond donors (Lipinski definition) is 0. The molecule has 9 heteroatoms. The predicted molar refractivity (Wildman–Crippen MR) is 126 cm³/mol. The molecule has 0 saturated carbocycles. The fourth-order valence-corrected chi connectivity index (χ4v) is 4.62. The Morgan fingerprint density at radius 1 is 0.722 bits per heavy atom. The van der Waals surface area contributed by atoms with E-state index in [-0.39, 0.29) is 11.3 Å². The summed E-state index contributed by atoms with van der Waals surface area (Å²) in [6, 6.07) is 17.7. The second-order valence-electron chi connectivity index (χ2n) is 8.08. The van der Waals surface area contributed by atoms with E-state index in [2.05, 4.69) is 9.72 Å². The number of alkyl halides is 2. The summed E-state index contributed by atoms with van der Waals surface area (Å²) in [7, 11) is 0. The minimum atomic E-state index is -4.01. The maximum Gasteiger partial charge on any atom is 0.454 e. The van der Waals surface area contributed by atoms with Gasteiger partial charge >= 0.3 is 6.11 Å². The molecule has 0 fully saturated rings. The van der Waals surface area contributed by atoms with Crippen molar-refractivity contribution in [2.45, 2.75) is 13.0 Å². The molecule has 0 amide bonds. The number of ether oxygens (including phenoxy) is 1. The van der Waals surface area contributed by atoms with Crippen molar-refractivity contribution >= 4 is 21.6 Å². The van der Waals surface area contributed by atoms with Gasteiger partial charge in [0.25, 0.3) is 0 Å². The molecule has 182 valence electrons. The molecule has 0 spiro atoms. The second kappa shape index (κ2) is 8.98. The van der Waals surface area contributed by atoms with Crippen molar-refractivity contribution in [3.8, 4) is 28.0 Å². The summed E-state index contributed by atoms with van der Waals surface area (Å²) in [6.45, 7) is 1.81. The molecule has 1 heterocycles. The molecule has 5 aromatic rings. The van der Waals surface area contributed by atoms with Crippen LogP contribution in [0.5, 0.6) is 5.75 Å². The van der Waals surface area contributed by atoms with Crippen molar-refractivity contribution in [1.82, 2.24) is 4.98 Å². The molecule has 4 aromatic carbocycles. The number of hydrogen-bond acceptors (Lipinski definition) is 3. The highest BCUT2D eigenvalue weighted by Gasteiger charge is 2.39. The number of halogens is 6. The second-order valence-corrected chi connectivity index (χ2v) is 9.11. The lowest BCUT2D eigenvalue weighted by Gasteiger charge is -2.15. The number of thiazole rings is 1. The summed E-state index contributed by atoms with van der Waals surface area (Å²) in [5.74, 6) is -6.27. The van der Waals surface area contributed by atoms with Gasteiger partial charge in [-0.2, -0.15) is 8.78 Å². The molecule has 0 atom stereocenters. The van der Waals surface area contributed by atoms with E-state index >= 15 is 0 Å². The van der Waals surface area contributed by atoms with Crippen LogP contribution in [0.4, 0.5) is 26.3 Å². The number of rotatable bonds is 5. The van der Waals surface area contributed by atoms with Gasteiger partial charge in [-0.1, -0.05) is 42.5 Å². The lowest BCUT2D eigenvalue weighted by Crippen LogP contribution is -2.21. The first-order valence-corrected chi connectivity index (χ1v) is 11.4. The van der Waals surface area contributed by atoms with Crippen LogP contribution >= 0.6 is 11.3 Å². The van der Waals surface area contributed by atoms with Gasteiger partial charge in [-0.05, 0) is 47.4 Å². The zero-order valence-electron chi connectivity index (χ0n) is 18.5. The van der Waals surface area contributed by atoms with E-state index in [1.165, 1.54) is 6.07 Å². The summed E-state index contributed by atoms with van der Waals surface area (Å²) in [4.78, 5) is 3.89. The molecule has 0 aliphatic carbocycles. The molecule has 0 N–H and O–H groups in total. The van der Waals surface area contributed by atoms with Crippen molar-refractivity contribution in [1.29, 1.82) is 0 Å². The third-order valence-corrected chi connectivity index (χ3v) is 6.56. The Kier molecular flexibility index (Phi) is 5.96. The third kappa shape index (κ3) is 4.54.